The van der Waals surface area contributed by atoms with Gasteiger partial charge in [0.1, 0.15) is 23.2 Å². The monoisotopic (exact) mass is 1750 g/mol. The van der Waals surface area contributed by atoms with E-state index in [2.05, 4.69) is 114 Å². The summed E-state index contributed by atoms with van der Waals surface area (Å²) in [5.74, 6) is -0.849. The summed E-state index contributed by atoms with van der Waals surface area (Å²) in [7, 11) is 7.36. The molecule has 12 aromatic rings. The number of unbranched alkanes of at least 4 members (excludes halogenated alkanes) is 2. The normalized spacial score (nSPS) is 15.1. The Bertz CT molecular complexity index is 5500. The van der Waals surface area contributed by atoms with E-state index in [-0.39, 0.29) is 94.5 Å². The van der Waals surface area contributed by atoms with Crippen LogP contribution in [-0.4, -0.2) is 161 Å². The predicted molar refractivity (Wildman–Crippen MR) is 496 cm³/mol. The number of anilines is 3. The second kappa shape index (κ2) is 51.7. The molecule has 3 aromatic heterocycles. The summed E-state index contributed by atoms with van der Waals surface area (Å²) in [6, 6.07) is 80.6. The van der Waals surface area contributed by atoms with Gasteiger partial charge in [0.2, 0.25) is 9.23 Å². The minimum Gasteiger partial charge on any atom is -1.00 e. The summed E-state index contributed by atoms with van der Waals surface area (Å²) in [5, 5.41) is 64.8. The molecule has 3 saturated heterocycles. The first-order valence-electron chi connectivity index (χ1n) is 41.0. The van der Waals surface area contributed by atoms with Crippen LogP contribution in [-0.2, 0) is 15.8 Å². The first-order chi connectivity index (χ1) is 59.8. The van der Waals surface area contributed by atoms with Crippen molar-refractivity contribution in [2.45, 2.75) is 121 Å². The van der Waals surface area contributed by atoms with Crippen molar-refractivity contribution in [3.8, 4) is 17.1 Å². The third-order valence-corrected chi connectivity index (χ3v) is 20.9. The van der Waals surface area contributed by atoms with Crippen LogP contribution in [0.4, 0.5) is 28.4 Å². The van der Waals surface area contributed by atoms with Gasteiger partial charge in [-0.3, -0.25) is 24.2 Å². The number of hydrogen-bond acceptors (Lipinski definition) is 17. The fourth-order valence-electron chi connectivity index (χ4n) is 15.1. The van der Waals surface area contributed by atoms with Gasteiger partial charge in [-0.15, -0.1) is 0 Å². The van der Waals surface area contributed by atoms with Gasteiger partial charge in [0, 0.05) is 71.5 Å². The van der Waals surface area contributed by atoms with Crippen LogP contribution in [0.1, 0.15) is 165 Å². The van der Waals surface area contributed by atoms with E-state index in [9.17, 15) is 29.7 Å². The van der Waals surface area contributed by atoms with E-state index in [0.29, 0.717) is 93.0 Å². The maximum Gasteiger partial charge on any atom is 1.00 e. The number of aliphatic hydroxyl groups excluding tert-OH is 4. The third kappa shape index (κ3) is 29.0. The fraction of sp³-hybridized carbons (Fsp3) is 0.284. The molecule has 0 spiro atoms. The van der Waals surface area contributed by atoms with Gasteiger partial charge in [-0.2, -0.15) is 15.3 Å². The van der Waals surface area contributed by atoms with Crippen molar-refractivity contribution in [1.82, 2.24) is 44.5 Å². The van der Waals surface area contributed by atoms with Gasteiger partial charge < -0.3 is 60.3 Å². The standard InChI is InChI=1S/C30H29N5O2.C30H33N5O2.C25H20N4O2.C5H14N2.C5H11NO.B.Cl2OS.Na.H/c1-21-17-28(35(33-21)26-14-7-12-24(19-26)31-2)30(37)32-25-13-6-11-23(18-25)29(22-9-4-3-5-10-22)34-16-8-15-27(34)20-36;1-21-16-28(35(33-21)26-13-5-8-22(17-26)19-31)30(37)32-25-12-6-11-24(18-25)29(23-9-3-2-4-10-23)34-15-7-14-27(34)20-36;1-17-14-23(29(28-17)22-13-7-11-20(16-22)26-2)25(31)27-21-12-6-10-19(15-21)24(30)18-8-4-3-5-9-18;6-4-2-1-3-5-7;7-4-5-2-1-3-6-5;;1-4(2)3;;/h3-7,9-14,17-19,27,29,36H,8,15-16,20H2,1H3,(H,32,37);2-6,8-13,16-18,27,29,36H,7,14-15,19-20,31H2,1H3,(H,32,37);3-16,24,30H,1H3,(H,27,31);1-7H2;5-7H,1-4H2;;;;/q;;;;;;;+1;-1. The van der Waals surface area contributed by atoms with Gasteiger partial charge in [-0.05, 0) is 235 Å². The van der Waals surface area contributed by atoms with Crippen molar-refractivity contribution < 1.29 is 70.0 Å². The summed E-state index contributed by atoms with van der Waals surface area (Å²) in [5.41, 5.74) is 31.5. The second-order valence-corrected chi connectivity index (χ2v) is 32.3. The van der Waals surface area contributed by atoms with Crippen LogP contribution in [0.5, 0.6) is 0 Å². The van der Waals surface area contributed by atoms with Crippen LogP contribution in [0, 0.1) is 33.9 Å². The number of halogens is 2. The van der Waals surface area contributed by atoms with E-state index in [1.54, 1.807) is 88.2 Å². The SMILES string of the molecule is Cc1cc(C(=O)Nc2cccc(C(c3ccccc3)N3CCCC3CO)c2)n(-c2cccc(CN)c2)n1.NCCCCCN.O=S(Cl)Cl.OCC1CCCN1.[B].[C-]#[N+]c1cccc(-n2nc(C)cc2C(=O)Nc2cccc(C(O)c3ccccc3)c2)c1.[C-]#[N+]c1cccc(-n2nc(C)cc2C(=O)Nc2cccc(C(c3ccccc3)N3CCCC3CO)c2)c1.[H-].[Na+]. The number of amides is 3. The molecule has 645 valence electrons. The Labute approximate surface area is 768 Å². The largest absolute Gasteiger partial charge is 1.00 e. The summed E-state index contributed by atoms with van der Waals surface area (Å²) in [6.07, 6.45) is 9.06. The number of aromatic nitrogens is 6. The van der Waals surface area contributed by atoms with Crippen molar-refractivity contribution in [1.29, 1.82) is 0 Å². The molecular formula is C95H108BCl2N17NaO8S. The maximum atomic E-state index is 13.4. The summed E-state index contributed by atoms with van der Waals surface area (Å²) >= 11 is 0. The van der Waals surface area contributed by atoms with E-state index < -0.39 is 15.3 Å². The molecule has 3 aliphatic rings. The molecule has 125 heavy (non-hydrogen) atoms. The Morgan fingerprint density at radius 1 is 0.480 bits per heavy atom. The molecule has 3 aliphatic heterocycles. The van der Waals surface area contributed by atoms with E-state index in [1.165, 1.54) is 23.1 Å². The van der Waals surface area contributed by atoms with E-state index in [4.69, 9.17) is 39.7 Å². The van der Waals surface area contributed by atoms with Crippen LogP contribution < -0.4 is 68.0 Å². The number of hydrogen-bond donors (Lipinski definition) is 11. The molecule has 3 amide bonds. The molecule has 14 N–H and O–H groups in total. The Kier molecular flexibility index (Phi) is 41.3. The van der Waals surface area contributed by atoms with Gasteiger partial charge in [-0.25, -0.2) is 27.9 Å². The van der Waals surface area contributed by atoms with Crippen LogP contribution >= 0.6 is 21.4 Å². The third-order valence-electron chi connectivity index (χ3n) is 20.9. The van der Waals surface area contributed by atoms with Crippen LogP contribution in [0.2, 0.25) is 0 Å². The minimum absolute atomic E-state index is 0. The molecule has 6 heterocycles. The average molecular weight is 1750 g/mol. The molecule has 25 nitrogen and oxygen atoms in total. The summed E-state index contributed by atoms with van der Waals surface area (Å²) in [6.45, 7) is 25.5. The first kappa shape index (κ1) is 99.8. The second-order valence-electron chi connectivity index (χ2n) is 29.8. The van der Waals surface area contributed by atoms with Crippen molar-refractivity contribution in [2.75, 3.05) is 68.5 Å². The molecule has 9 aromatic carbocycles. The smallest absolute Gasteiger partial charge is 1.00 e. The molecule has 0 saturated carbocycles. The molecular weight excluding hydrogens is 1640 g/mol. The van der Waals surface area contributed by atoms with Crippen molar-refractivity contribution in [3.63, 3.8) is 0 Å². The number of aryl methyl sites for hydroxylation is 3. The summed E-state index contributed by atoms with van der Waals surface area (Å²) < 4.78 is 13.9. The topological polar surface area (TPSA) is 344 Å². The molecule has 15 rings (SSSR count). The number of nitrogens with two attached hydrogens (primary N) is 3. The van der Waals surface area contributed by atoms with Gasteiger partial charge in [0.05, 0.1) is 79.2 Å². The Hall–Kier alpha value is -10.6. The number of aliphatic hydroxyl groups is 4. The van der Waals surface area contributed by atoms with Crippen molar-refractivity contribution >= 4 is 85.2 Å². The van der Waals surface area contributed by atoms with E-state index >= 15 is 0 Å². The number of likely N-dealkylation sites (tertiary alicyclic amines) is 2. The van der Waals surface area contributed by atoms with Crippen LogP contribution in [0.25, 0.3) is 26.8 Å². The van der Waals surface area contributed by atoms with Crippen molar-refractivity contribution in [2.24, 2.45) is 17.2 Å². The number of nitrogens with one attached hydrogen (secondary N) is 4. The predicted octanol–water partition coefficient (Wildman–Crippen LogP) is 12.6. The zero-order valence-corrected chi connectivity index (χ0v) is 75.1. The van der Waals surface area contributed by atoms with Crippen LogP contribution in [0.15, 0.2) is 255 Å². The van der Waals surface area contributed by atoms with Gasteiger partial charge in [-0.1, -0.05) is 170 Å². The van der Waals surface area contributed by atoms with Crippen molar-refractivity contribution in [3.05, 3.63) is 351 Å². The number of carbonyl (C=O) groups is 3. The number of benzene rings is 9. The number of nitrogens with zero attached hydrogens (tertiary/aromatic N) is 10. The quantitative estimate of drug-likeness (QED) is 0.0110. The fourth-order valence-corrected chi connectivity index (χ4v) is 15.1. The molecule has 3 radical (unpaired) electrons. The van der Waals surface area contributed by atoms with Gasteiger partial charge in [0.25, 0.3) is 17.7 Å². The average Bonchev–Trinajstić information content (AvgIpc) is 1.49. The van der Waals surface area contributed by atoms with Gasteiger partial charge in [0.15, 0.2) is 11.4 Å². The Morgan fingerprint density at radius 3 is 1.19 bits per heavy atom. The molecule has 6 unspecified atom stereocenters. The Morgan fingerprint density at radius 2 is 0.840 bits per heavy atom. The molecule has 6 atom stereocenters. The zero-order chi connectivity index (χ0) is 87.6. The Balaban J connectivity index is 0.000000233. The maximum absolute atomic E-state index is 13.4. The van der Waals surface area contributed by atoms with E-state index in [1.807, 2.05) is 160 Å². The summed E-state index contributed by atoms with van der Waals surface area (Å²) in [4.78, 5) is 51.5. The number of rotatable bonds is 25. The number of carbonyl (C=O) groups excluding carboxylic acids is 3. The zero-order valence-electron chi connectivity index (χ0n) is 71.8. The van der Waals surface area contributed by atoms with Crippen LogP contribution in [0.3, 0.4) is 0 Å². The first-order valence-corrected chi connectivity index (χ1v) is 43.8. The minimum atomic E-state index is -1.67. The molecule has 3 fully saturated rings. The molecule has 30 heteroatoms. The molecule has 0 bridgehead atoms. The van der Waals surface area contributed by atoms with Gasteiger partial charge >= 0.3 is 29.6 Å². The molecule has 0 aliphatic carbocycles. The van der Waals surface area contributed by atoms with E-state index in [0.717, 1.165) is 117 Å².